The molecule has 1 aliphatic heterocycles. The average molecular weight is 319 g/mol. The van der Waals surface area contributed by atoms with E-state index < -0.39 is 17.8 Å². The van der Waals surface area contributed by atoms with Gasteiger partial charge < -0.3 is 19.5 Å². The van der Waals surface area contributed by atoms with E-state index in [4.69, 9.17) is 4.74 Å². The van der Waals surface area contributed by atoms with E-state index >= 15 is 0 Å². The third kappa shape index (κ3) is 3.23. The number of rotatable bonds is 3. The number of carbonyl (C=O) groups excluding carboxylic acids is 2. The number of hydrogen-bond donors (Lipinski definition) is 1. The molecular formula is C16H14FNO5. The number of halogens is 1. The molecule has 0 fully saturated rings. The highest BCUT2D eigenvalue weighted by Crippen LogP contribution is 2.30. The average Bonchev–Trinajstić information content (AvgIpc) is 2.76. The van der Waals surface area contributed by atoms with Crippen molar-refractivity contribution in [1.82, 2.24) is 0 Å². The lowest BCUT2D eigenvalue weighted by Crippen LogP contribution is -2.27. The molecule has 7 heteroatoms. The van der Waals surface area contributed by atoms with Gasteiger partial charge in [-0.25, -0.2) is 14.0 Å². The third-order valence-electron chi connectivity index (χ3n) is 3.08. The Morgan fingerprint density at radius 3 is 2.43 bits per heavy atom. The summed E-state index contributed by atoms with van der Waals surface area (Å²) >= 11 is 0. The zero-order valence-electron chi connectivity index (χ0n) is 12.4. The standard InChI is InChI=1S/C16H14FNO5/c1-22-15(20)11-5-3-4-8-18(14(11)16(21)23-2)13-7-6-10(19)9-12(13)17/h3-9,19H,1-2H3. The van der Waals surface area contributed by atoms with E-state index in [1.54, 1.807) is 0 Å². The van der Waals surface area contributed by atoms with Gasteiger partial charge in [0.25, 0.3) is 0 Å². The second-order valence-electron chi connectivity index (χ2n) is 4.45. The van der Waals surface area contributed by atoms with Gasteiger partial charge in [-0.3, -0.25) is 0 Å². The highest BCUT2D eigenvalue weighted by molar-refractivity contribution is 6.05. The van der Waals surface area contributed by atoms with E-state index in [0.29, 0.717) is 0 Å². The number of methoxy groups -OCH3 is 2. The highest BCUT2D eigenvalue weighted by Gasteiger charge is 2.28. The number of benzene rings is 1. The Labute approximate surface area is 131 Å². The first-order valence-corrected chi connectivity index (χ1v) is 6.53. The van der Waals surface area contributed by atoms with Gasteiger partial charge in [-0.1, -0.05) is 6.08 Å². The molecule has 0 saturated heterocycles. The molecule has 1 aromatic rings. The maximum absolute atomic E-state index is 14.2. The van der Waals surface area contributed by atoms with Crippen LogP contribution in [0.4, 0.5) is 10.1 Å². The van der Waals surface area contributed by atoms with Crippen LogP contribution in [0.25, 0.3) is 0 Å². The van der Waals surface area contributed by atoms with E-state index in [2.05, 4.69) is 4.74 Å². The summed E-state index contributed by atoms with van der Waals surface area (Å²) in [5.74, 6) is -2.65. The molecule has 0 amide bonds. The zero-order valence-corrected chi connectivity index (χ0v) is 12.4. The summed E-state index contributed by atoms with van der Waals surface area (Å²) in [6.07, 6.45) is 5.79. The molecule has 6 nitrogen and oxygen atoms in total. The smallest absolute Gasteiger partial charge is 0.355 e. The summed E-state index contributed by atoms with van der Waals surface area (Å²) < 4.78 is 23.5. The van der Waals surface area contributed by atoms with E-state index in [1.807, 2.05) is 0 Å². The van der Waals surface area contributed by atoms with E-state index in [9.17, 15) is 19.1 Å². The minimum absolute atomic E-state index is 0.0375. The zero-order chi connectivity index (χ0) is 17.0. The van der Waals surface area contributed by atoms with Crippen molar-refractivity contribution in [3.05, 3.63) is 59.7 Å². The van der Waals surface area contributed by atoms with Gasteiger partial charge in [-0.15, -0.1) is 0 Å². The number of carbonyl (C=O) groups is 2. The number of phenolic OH excluding ortho intramolecular Hbond substituents is 1. The molecule has 0 bridgehead atoms. The summed E-state index contributed by atoms with van der Waals surface area (Å²) in [6.45, 7) is 0. The Balaban J connectivity index is 2.68. The molecule has 0 spiro atoms. The van der Waals surface area contributed by atoms with Crippen molar-refractivity contribution in [1.29, 1.82) is 0 Å². The fraction of sp³-hybridized carbons (Fsp3) is 0.125. The first-order valence-electron chi connectivity index (χ1n) is 6.53. The normalized spacial score (nSPS) is 13.8. The second-order valence-corrected chi connectivity index (χ2v) is 4.45. The Hall–Kier alpha value is -3.09. The lowest BCUT2D eigenvalue weighted by atomic mass is 10.1. The molecule has 23 heavy (non-hydrogen) atoms. The molecule has 0 aromatic heterocycles. The predicted molar refractivity (Wildman–Crippen MR) is 79.9 cm³/mol. The lowest BCUT2D eigenvalue weighted by molar-refractivity contribution is -0.139. The minimum atomic E-state index is -0.839. The monoisotopic (exact) mass is 319 g/mol. The quantitative estimate of drug-likeness (QED) is 0.859. The van der Waals surface area contributed by atoms with E-state index in [-0.39, 0.29) is 22.7 Å². The first kappa shape index (κ1) is 16.3. The molecule has 0 saturated carbocycles. The molecule has 0 radical (unpaired) electrons. The van der Waals surface area contributed by atoms with E-state index in [0.717, 1.165) is 18.1 Å². The molecule has 1 aliphatic rings. The van der Waals surface area contributed by atoms with Gasteiger partial charge in [0.05, 0.1) is 25.5 Å². The van der Waals surface area contributed by atoms with Crippen LogP contribution in [-0.4, -0.2) is 31.3 Å². The first-order chi connectivity index (χ1) is 11.0. The van der Waals surface area contributed by atoms with Crippen LogP contribution < -0.4 is 4.90 Å². The van der Waals surface area contributed by atoms with Gasteiger partial charge in [0.2, 0.25) is 0 Å². The van der Waals surface area contributed by atoms with Crippen molar-refractivity contribution in [2.24, 2.45) is 0 Å². The van der Waals surface area contributed by atoms with Crippen LogP contribution >= 0.6 is 0 Å². The summed E-state index contributed by atoms with van der Waals surface area (Å²) in [7, 11) is 2.32. The summed E-state index contributed by atoms with van der Waals surface area (Å²) in [6, 6.07) is 3.43. The van der Waals surface area contributed by atoms with Crippen LogP contribution in [-0.2, 0) is 19.1 Å². The lowest BCUT2D eigenvalue weighted by Gasteiger charge is -2.23. The van der Waals surface area contributed by atoms with Crippen molar-refractivity contribution < 1.29 is 28.6 Å². The van der Waals surface area contributed by atoms with Crippen molar-refractivity contribution in [2.45, 2.75) is 0 Å². The molecule has 1 heterocycles. The molecule has 120 valence electrons. The number of esters is 2. The maximum atomic E-state index is 14.2. The number of anilines is 1. The molecule has 1 N–H and O–H groups in total. The number of aromatic hydroxyl groups is 1. The molecule has 2 rings (SSSR count). The van der Waals surface area contributed by atoms with Crippen molar-refractivity contribution in [2.75, 3.05) is 19.1 Å². The van der Waals surface area contributed by atoms with Crippen molar-refractivity contribution >= 4 is 17.6 Å². The van der Waals surface area contributed by atoms with Gasteiger partial charge in [-0.05, 0) is 24.3 Å². The largest absolute Gasteiger partial charge is 0.508 e. The van der Waals surface area contributed by atoms with Gasteiger partial charge in [0.1, 0.15) is 11.4 Å². The second kappa shape index (κ2) is 6.78. The predicted octanol–water partition coefficient (Wildman–Crippen LogP) is 2.02. The van der Waals surface area contributed by atoms with Gasteiger partial charge in [-0.2, -0.15) is 0 Å². The number of hydrogen-bond acceptors (Lipinski definition) is 6. The third-order valence-corrected chi connectivity index (χ3v) is 3.08. The summed E-state index contributed by atoms with van der Waals surface area (Å²) in [4.78, 5) is 25.2. The highest BCUT2D eigenvalue weighted by atomic mass is 19.1. The van der Waals surface area contributed by atoms with Crippen LogP contribution in [0.1, 0.15) is 0 Å². The minimum Gasteiger partial charge on any atom is -0.508 e. The topological polar surface area (TPSA) is 76.1 Å². The van der Waals surface area contributed by atoms with Crippen LogP contribution in [0.2, 0.25) is 0 Å². The molecular weight excluding hydrogens is 305 g/mol. The number of phenols is 1. The Morgan fingerprint density at radius 1 is 1.13 bits per heavy atom. The van der Waals surface area contributed by atoms with Crippen LogP contribution in [0.5, 0.6) is 5.75 Å². The van der Waals surface area contributed by atoms with Gasteiger partial charge in [0.15, 0.2) is 5.82 Å². The van der Waals surface area contributed by atoms with Crippen LogP contribution in [0, 0.1) is 5.82 Å². The Kier molecular flexibility index (Phi) is 4.80. The van der Waals surface area contributed by atoms with Crippen molar-refractivity contribution in [3.63, 3.8) is 0 Å². The van der Waals surface area contributed by atoms with Crippen molar-refractivity contribution in [3.8, 4) is 5.75 Å². The summed E-state index contributed by atoms with van der Waals surface area (Å²) in [5, 5.41) is 9.32. The van der Waals surface area contributed by atoms with Crippen LogP contribution in [0.15, 0.2) is 53.9 Å². The van der Waals surface area contributed by atoms with E-state index in [1.165, 1.54) is 43.7 Å². The molecule has 1 aromatic carbocycles. The fourth-order valence-corrected chi connectivity index (χ4v) is 2.04. The summed E-state index contributed by atoms with van der Waals surface area (Å²) in [5.41, 5.74) is -0.324. The van der Waals surface area contributed by atoms with Crippen LogP contribution in [0.3, 0.4) is 0 Å². The maximum Gasteiger partial charge on any atom is 0.355 e. The SMILES string of the molecule is COC(=O)C1=C(C(=O)OC)N(c2ccc(O)cc2F)C=CC=C1. The number of ether oxygens (including phenoxy) is 2. The van der Waals surface area contributed by atoms with Gasteiger partial charge >= 0.3 is 11.9 Å². The molecule has 0 unspecified atom stereocenters. The Bertz CT molecular complexity index is 736. The molecule has 0 atom stereocenters. The van der Waals surface area contributed by atoms with Gasteiger partial charge in [0, 0.05) is 12.3 Å². The Morgan fingerprint density at radius 2 is 1.83 bits per heavy atom. The number of nitrogens with zero attached hydrogens (tertiary/aromatic N) is 1. The fourth-order valence-electron chi connectivity index (χ4n) is 2.04. The number of allylic oxidation sites excluding steroid dienone is 2. The molecule has 0 aliphatic carbocycles.